The Morgan fingerprint density at radius 2 is 1.81 bits per heavy atom. The molecule has 1 fully saturated rings. The predicted octanol–water partition coefficient (Wildman–Crippen LogP) is 4.72. The van der Waals surface area contributed by atoms with E-state index in [1.165, 1.54) is 40.3 Å². The van der Waals surface area contributed by atoms with Crippen LogP contribution in [0.4, 0.5) is 15.8 Å². The van der Waals surface area contributed by atoms with Gasteiger partial charge in [-0.05, 0) is 29.8 Å². The van der Waals surface area contributed by atoms with Gasteiger partial charge in [0, 0.05) is 38.3 Å². The van der Waals surface area contributed by atoms with Crippen LogP contribution < -0.4 is 4.90 Å². The van der Waals surface area contributed by atoms with E-state index in [0.717, 1.165) is 5.56 Å². The van der Waals surface area contributed by atoms with Crippen LogP contribution in [-0.2, 0) is 0 Å². The highest BCUT2D eigenvalue weighted by atomic mass is 32.1. The summed E-state index contributed by atoms with van der Waals surface area (Å²) in [4.78, 5) is 20.6. The lowest BCUT2D eigenvalue weighted by atomic mass is 10.0. The highest BCUT2D eigenvalue weighted by Gasteiger charge is 2.32. The number of halogens is 1. The van der Waals surface area contributed by atoms with Gasteiger partial charge < -0.3 is 14.4 Å². The molecule has 0 aliphatic carbocycles. The number of aromatic hydroxyl groups is 1. The van der Waals surface area contributed by atoms with E-state index >= 15 is 0 Å². The molecule has 1 aliphatic rings. The standard InChI is InChI=1S/C25H21FN6O4S/c26-18-4-1-2-5-19(18)29-11-13-30(14-12-29)21(16-7-9-17(10-8-16)32(34)35)22-24(33)31-25(37-22)27-23(28-31)20-6-3-15-36-20/h1-10,15,21,33H,11-14H2/t21-/m1/s1. The molecular formula is C25H21FN6O4S. The largest absolute Gasteiger partial charge is 0.492 e. The quantitative estimate of drug-likeness (QED) is 0.253. The number of thiazole rings is 1. The summed E-state index contributed by atoms with van der Waals surface area (Å²) in [5.41, 5.74) is 1.33. The molecule has 12 heteroatoms. The molecule has 0 spiro atoms. The highest BCUT2D eigenvalue weighted by Crippen LogP contribution is 2.41. The third-order valence-electron chi connectivity index (χ3n) is 6.48. The van der Waals surface area contributed by atoms with Crippen molar-refractivity contribution in [2.75, 3.05) is 31.1 Å². The number of rotatable bonds is 6. The molecule has 10 nitrogen and oxygen atoms in total. The van der Waals surface area contributed by atoms with Crippen molar-refractivity contribution in [3.8, 4) is 17.5 Å². The molecule has 37 heavy (non-hydrogen) atoms. The summed E-state index contributed by atoms with van der Waals surface area (Å²) in [6.07, 6.45) is 1.53. The van der Waals surface area contributed by atoms with Crippen molar-refractivity contribution >= 4 is 27.7 Å². The van der Waals surface area contributed by atoms with Crippen LogP contribution in [0.15, 0.2) is 71.3 Å². The smallest absolute Gasteiger partial charge is 0.269 e. The number of nitrogens with zero attached hydrogens (tertiary/aromatic N) is 6. The van der Waals surface area contributed by atoms with E-state index in [-0.39, 0.29) is 17.4 Å². The molecule has 0 saturated carbocycles. The van der Waals surface area contributed by atoms with Crippen molar-refractivity contribution in [3.05, 3.63) is 93.3 Å². The van der Waals surface area contributed by atoms with Gasteiger partial charge in [-0.25, -0.2) is 4.39 Å². The van der Waals surface area contributed by atoms with Crippen molar-refractivity contribution < 1.29 is 18.8 Å². The van der Waals surface area contributed by atoms with Crippen molar-refractivity contribution in [2.24, 2.45) is 0 Å². The van der Waals surface area contributed by atoms with Gasteiger partial charge in [-0.15, -0.1) is 5.10 Å². The fourth-order valence-corrected chi connectivity index (χ4v) is 5.79. The zero-order valence-electron chi connectivity index (χ0n) is 19.4. The van der Waals surface area contributed by atoms with Crippen LogP contribution in [-0.4, -0.2) is 55.7 Å². The second kappa shape index (κ2) is 9.30. The molecule has 6 rings (SSSR count). The Morgan fingerprint density at radius 3 is 2.46 bits per heavy atom. The van der Waals surface area contributed by atoms with Crippen LogP contribution in [0.25, 0.3) is 16.5 Å². The van der Waals surface area contributed by atoms with Gasteiger partial charge in [-0.1, -0.05) is 35.6 Å². The molecule has 188 valence electrons. The number of anilines is 1. The second-order valence-electron chi connectivity index (χ2n) is 8.62. The first-order chi connectivity index (χ1) is 18.0. The van der Waals surface area contributed by atoms with E-state index in [2.05, 4.69) is 15.0 Å². The minimum Gasteiger partial charge on any atom is -0.492 e. The Labute approximate surface area is 214 Å². The number of nitro groups is 1. The Kier molecular flexibility index (Phi) is 5.81. The number of benzene rings is 2. The Morgan fingerprint density at radius 1 is 1.05 bits per heavy atom. The van der Waals surface area contributed by atoms with E-state index in [4.69, 9.17) is 4.42 Å². The maximum Gasteiger partial charge on any atom is 0.269 e. The minimum absolute atomic E-state index is 0.0122. The van der Waals surface area contributed by atoms with Crippen LogP contribution in [0.3, 0.4) is 0 Å². The maximum absolute atomic E-state index is 14.4. The van der Waals surface area contributed by atoms with Crippen LogP contribution in [0, 0.1) is 15.9 Å². The molecule has 1 aliphatic heterocycles. The summed E-state index contributed by atoms with van der Waals surface area (Å²) in [7, 11) is 0. The van der Waals surface area contributed by atoms with Gasteiger partial charge >= 0.3 is 0 Å². The molecule has 0 radical (unpaired) electrons. The summed E-state index contributed by atoms with van der Waals surface area (Å²) < 4.78 is 21.1. The van der Waals surface area contributed by atoms with E-state index in [1.807, 2.05) is 11.0 Å². The van der Waals surface area contributed by atoms with Crippen LogP contribution >= 0.6 is 11.3 Å². The molecule has 0 unspecified atom stereocenters. The molecule has 0 bridgehead atoms. The number of para-hydroxylation sites is 1. The SMILES string of the molecule is O=[N+]([O-])c1ccc([C@H](c2sc3nc(-c4ccco4)nn3c2O)N2CCN(c3ccccc3F)CC2)cc1. The van der Waals surface area contributed by atoms with E-state index in [9.17, 15) is 19.6 Å². The normalized spacial score (nSPS) is 15.3. The van der Waals surface area contributed by atoms with Crippen molar-refractivity contribution in [3.63, 3.8) is 0 Å². The van der Waals surface area contributed by atoms with Crippen LogP contribution in [0.5, 0.6) is 5.88 Å². The van der Waals surface area contributed by atoms with Gasteiger partial charge in [0.2, 0.25) is 16.7 Å². The van der Waals surface area contributed by atoms with Gasteiger partial charge in [-0.3, -0.25) is 15.0 Å². The lowest BCUT2D eigenvalue weighted by Crippen LogP contribution is -2.48. The Bertz CT molecular complexity index is 1560. The summed E-state index contributed by atoms with van der Waals surface area (Å²) in [6, 6.07) is 16.1. The lowest BCUT2D eigenvalue weighted by Gasteiger charge is -2.40. The Balaban J connectivity index is 1.35. The van der Waals surface area contributed by atoms with E-state index < -0.39 is 11.0 Å². The number of piperazine rings is 1. The Hall–Kier alpha value is -4.29. The first-order valence-corrected chi connectivity index (χ1v) is 12.4. The van der Waals surface area contributed by atoms with Crippen LogP contribution in [0.1, 0.15) is 16.5 Å². The first kappa shape index (κ1) is 23.1. The van der Waals surface area contributed by atoms with Gasteiger partial charge in [0.05, 0.1) is 27.8 Å². The molecule has 0 amide bonds. The van der Waals surface area contributed by atoms with Crippen molar-refractivity contribution in [1.29, 1.82) is 0 Å². The summed E-state index contributed by atoms with van der Waals surface area (Å²) in [5, 5.41) is 26.8. The zero-order chi connectivity index (χ0) is 25.5. The predicted molar refractivity (Wildman–Crippen MR) is 135 cm³/mol. The van der Waals surface area contributed by atoms with Crippen molar-refractivity contribution in [2.45, 2.75) is 6.04 Å². The topological polar surface area (TPSA) is 113 Å². The first-order valence-electron chi connectivity index (χ1n) is 11.6. The maximum atomic E-state index is 14.4. The van der Waals surface area contributed by atoms with Gasteiger partial charge in [0.25, 0.3) is 5.69 Å². The number of nitro benzene ring substituents is 1. The highest BCUT2D eigenvalue weighted by molar-refractivity contribution is 7.17. The lowest BCUT2D eigenvalue weighted by molar-refractivity contribution is -0.384. The van der Waals surface area contributed by atoms with E-state index in [1.54, 1.807) is 36.4 Å². The third kappa shape index (κ3) is 4.19. The fourth-order valence-electron chi connectivity index (χ4n) is 4.67. The summed E-state index contributed by atoms with van der Waals surface area (Å²) in [5.74, 6) is 0.542. The molecule has 1 atom stereocenters. The third-order valence-corrected chi connectivity index (χ3v) is 7.55. The molecule has 4 heterocycles. The number of aromatic nitrogens is 3. The second-order valence-corrected chi connectivity index (χ2v) is 9.63. The number of non-ortho nitro benzene ring substituents is 1. The molecule has 1 saturated heterocycles. The van der Waals surface area contributed by atoms with Gasteiger partial charge in [-0.2, -0.15) is 9.50 Å². The summed E-state index contributed by atoms with van der Waals surface area (Å²) >= 11 is 1.30. The molecule has 2 aromatic carbocycles. The number of fused-ring (bicyclic) bond motifs is 1. The molecule has 5 aromatic rings. The zero-order valence-corrected chi connectivity index (χ0v) is 20.2. The monoisotopic (exact) mass is 520 g/mol. The molecule has 1 N–H and O–H groups in total. The average molecular weight is 521 g/mol. The van der Waals surface area contributed by atoms with Gasteiger partial charge in [0.15, 0.2) is 5.76 Å². The van der Waals surface area contributed by atoms with E-state index in [0.29, 0.717) is 53.3 Å². The van der Waals surface area contributed by atoms with Gasteiger partial charge in [0.1, 0.15) is 5.82 Å². The molecular weight excluding hydrogens is 499 g/mol. The number of hydrogen-bond donors (Lipinski definition) is 1. The van der Waals surface area contributed by atoms with Crippen LogP contribution in [0.2, 0.25) is 0 Å². The number of hydrogen-bond acceptors (Lipinski definition) is 9. The number of furan rings is 1. The minimum atomic E-state index is -0.442. The molecule has 3 aromatic heterocycles. The summed E-state index contributed by atoms with van der Waals surface area (Å²) in [6.45, 7) is 2.32. The fraction of sp³-hybridized carbons (Fsp3) is 0.200. The van der Waals surface area contributed by atoms with Crippen molar-refractivity contribution in [1.82, 2.24) is 19.5 Å². The average Bonchev–Trinajstić information content (AvgIpc) is 3.64.